The molecule has 0 atom stereocenters. The van der Waals surface area contributed by atoms with Crippen molar-refractivity contribution in [2.45, 2.75) is 12.1 Å². The SMILES string of the molecule is Cc1ccnc2nc(SCC(=O)Nc3ccccc3C(=O)Nc3ccc(F)cc3)[nH]c12. The molecule has 0 unspecified atom stereocenters. The van der Waals surface area contributed by atoms with E-state index in [1.54, 1.807) is 30.5 Å². The lowest BCUT2D eigenvalue weighted by Gasteiger charge is -2.11. The predicted octanol–water partition coefficient (Wildman–Crippen LogP) is 4.39. The predicted molar refractivity (Wildman–Crippen MR) is 119 cm³/mol. The lowest BCUT2D eigenvalue weighted by molar-refractivity contribution is -0.113. The van der Waals surface area contributed by atoms with E-state index < -0.39 is 11.7 Å². The number of fused-ring (bicyclic) bond motifs is 1. The third kappa shape index (κ3) is 4.89. The van der Waals surface area contributed by atoms with E-state index in [1.165, 1.54) is 36.0 Å². The quantitative estimate of drug-likeness (QED) is 0.390. The molecule has 2 aromatic carbocycles. The van der Waals surface area contributed by atoms with Gasteiger partial charge in [0.1, 0.15) is 5.82 Å². The number of imidazole rings is 1. The number of nitrogens with zero attached hydrogens (tertiary/aromatic N) is 2. The highest BCUT2D eigenvalue weighted by Gasteiger charge is 2.15. The highest BCUT2D eigenvalue weighted by molar-refractivity contribution is 7.99. The van der Waals surface area contributed by atoms with Gasteiger partial charge in [-0.15, -0.1) is 0 Å². The van der Waals surface area contributed by atoms with Crippen molar-refractivity contribution in [1.29, 1.82) is 0 Å². The first-order chi connectivity index (χ1) is 15.0. The number of benzene rings is 2. The number of carbonyl (C=O) groups excluding carboxylic acids is 2. The summed E-state index contributed by atoms with van der Waals surface area (Å²) in [5.74, 6) is -0.975. The smallest absolute Gasteiger partial charge is 0.257 e. The van der Waals surface area contributed by atoms with E-state index in [9.17, 15) is 14.0 Å². The number of hydrogen-bond donors (Lipinski definition) is 3. The second kappa shape index (κ2) is 8.97. The number of thioether (sulfide) groups is 1. The van der Waals surface area contributed by atoms with Crippen molar-refractivity contribution in [2.24, 2.45) is 0 Å². The number of aromatic nitrogens is 3. The van der Waals surface area contributed by atoms with Crippen LogP contribution in [-0.4, -0.2) is 32.5 Å². The minimum Gasteiger partial charge on any atom is -0.331 e. The molecule has 0 aliphatic carbocycles. The zero-order valence-corrected chi connectivity index (χ0v) is 17.3. The van der Waals surface area contributed by atoms with Crippen LogP contribution in [0.25, 0.3) is 11.2 Å². The number of hydrogen-bond acceptors (Lipinski definition) is 5. The molecule has 9 heteroatoms. The summed E-state index contributed by atoms with van der Waals surface area (Å²) in [5, 5.41) is 6.05. The van der Waals surface area contributed by atoms with E-state index in [1.807, 2.05) is 13.0 Å². The summed E-state index contributed by atoms with van der Waals surface area (Å²) in [6.07, 6.45) is 1.69. The first-order valence-corrected chi connectivity index (χ1v) is 10.4. The molecule has 4 aromatic rings. The van der Waals surface area contributed by atoms with Gasteiger partial charge in [0.2, 0.25) is 5.91 Å². The first kappa shape index (κ1) is 20.5. The maximum absolute atomic E-state index is 13.1. The summed E-state index contributed by atoms with van der Waals surface area (Å²) in [4.78, 5) is 36.9. The molecular formula is C22H18FN5O2S. The van der Waals surface area contributed by atoms with Gasteiger partial charge in [-0.25, -0.2) is 14.4 Å². The largest absolute Gasteiger partial charge is 0.331 e. The highest BCUT2D eigenvalue weighted by atomic mass is 32.2. The molecule has 0 fully saturated rings. The Labute approximate surface area is 181 Å². The van der Waals surface area contributed by atoms with Crippen molar-refractivity contribution >= 4 is 46.1 Å². The number of para-hydroxylation sites is 1. The van der Waals surface area contributed by atoms with E-state index in [4.69, 9.17) is 0 Å². The number of nitrogens with one attached hydrogen (secondary N) is 3. The molecule has 0 aliphatic heterocycles. The second-order valence-electron chi connectivity index (χ2n) is 6.71. The molecule has 4 rings (SSSR count). The molecule has 0 saturated carbocycles. The van der Waals surface area contributed by atoms with Gasteiger partial charge in [-0.05, 0) is 55.0 Å². The average molecular weight is 435 g/mol. The number of carbonyl (C=O) groups is 2. The number of rotatable bonds is 6. The van der Waals surface area contributed by atoms with Crippen molar-refractivity contribution in [3.8, 4) is 0 Å². The van der Waals surface area contributed by atoms with E-state index in [2.05, 4.69) is 25.6 Å². The van der Waals surface area contributed by atoms with Crippen LogP contribution in [0.5, 0.6) is 0 Å². The molecule has 0 aliphatic rings. The molecule has 3 N–H and O–H groups in total. The fraction of sp³-hybridized carbons (Fsp3) is 0.0909. The first-order valence-electron chi connectivity index (χ1n) is 9.39. The van der Waals surface area contributed by atoms with Crippen LogP contribution >= 0.6 is 11.8 Å². The Morgan fingerprint density at radius 1 is 1.06 bits per heavy atom. The van der Waals surface area contributed by atoms with Crippen LogP contribution < -0.4 is 10.6 Å². The number of aryl methyl sites for hydroxylation is 1. The Morgan fingerprint density at radius 2 is 1.84 bits per heavy atom. The van der Waals surface area contributed by atoms with Crippen LogP contribution in [0.3, 0.4) is 0 Å². The van der Waals surface area contributed by atoms with Gasteiger partial charge in [0.05, 0.1) is 22.5 Å². The van der Waals surface area contributed by atoms with Crippen LogP contribution in [0, 0.1) is 12.7 Å². The number of anilines is 2. The van der Waals surface area contributed by atoms with E-state index in [0.29, 0.717) is 27.7 Å². The summed E-state index contributed by atoms with van der Waals surface area (Å²) >= 11 is 1.25. The molecule has 2 aromatic heterocycles. The normalized spacial score (nSPS) is 10.8. The maximum Gasteiger partial charge on any atom is 0.257 e. The lowest BCUT2D eigenvalue weighted by Crippen LogP contribution is -2.19. The minimum absolute atomic E-state index is 0.104. The van der Waals surface area contributed by atoms with Gasteiger partial charge in [-0.2, -0.15) is 0 Å². The van der Waals surface area contributed by atoms with Crippen molar-refractivity contribution in [3.05, 3.63) is 77.7 Å². The minimum atomic E-state index is -0.408. The maximum atomic E-state index is 13.1. The van der Waals surface area contributed by atoms with Crippen LogP contribution in [0.2, 0.25) is 0 Å². The number of amides is 2. The molecule has 156 valence electrons. The summed E-state index contributed by atoms with van der Waals surface area (Å²) < 4.78 is 13.1. The monoisotopic (exact) mass is 435 g/mol. The fourth-order valence-corrected chi connectivity index (χ4v) is 3.59. The van der Waals surface area contributed by atoms with Gasteiger partial charge in [-0.1, -0.05) is 23.9 Å². The number of halogens is 1. The molecule has 2 amide bonds. The molecule has 0 bridgehead atoms. The van der Waals surface area contributed by atoms with Gasteiger partial charge in [0, 0.05) is 11.9 Å². The number of pyridine rings is 1. The summed E-state index contributed by atoms with van der Waals surface area (Å²) in [6.45, 7) is 1.96. The van der Waals surface area contributed by atoms with Crippen LogP contribution in [0.4, 0.5) is 15.8 Å². The molecular weight excluding hydrogens is 417 g/mol. The van der Waals surface area contributed by atoms with Crippen molar-refractivity contribution in [2.75, 3.05) is 16.4 Å². The third-order valence-corrected chi connectivity index (χ3v) is 5.34. The van der Waals surface area contributed by atoms with Crippen molar-refractivity contribution in [3.63, 3.8) is 0 Å². The van der Waals surface area contributed by atoms with Crippen LogP contribution in [0.1, 0.15) is 15.9 Å². The fourth-order valence-electron chi connectivity index (χ4n) is 2.92. The average Bonchev–Trinajstić information content (AvgIpc) is 3.19. The zero-order chi connectivity index (χ0) is 21.8. The van der Waals surface area contributed by atoms with Gasteiger partial charge in [0.25, 0.3) is 5.91 Å². The van der Waals surface area contributed by atoms with Gasteiger partial charge in [0.15, 0.2) is 10.8 Å². The summed E-state index contributed by atoms with van der Waals surface area (Å²) in [7, 11) is 0. The molecule has 0 radical (unpaired) electrons. The van der Waals surface area contributed by atoms with Crippen LogP contribution in [-0.2, 0) is 4.79 Å². The van der Waals surface area contributed by atoms with Crippen molar-refractivity contribution in [1.82, 2.24) is 15.0 Å². The second-order valence-corrected chi connectivity index (χ2v) is 7.68. The topological polar surface area (TPSA) is 99.8 Å². The Kier molecular flexibility index (Phi) is 5.94. The zero-order valence-electron chi connectivity index (χ0n) is 16.5. The van der Waals surface area contributed by atoms with Crippen LogP contribution in [0.15, 0.2) is 66.0 Å². The number of H-pyrrole nitrogens is 1. The Bertz CT molecular complexity index is 1260. The summed E-state index contributed by atoms with van der Waals surface area (Å²) in [6, 6.07) is 14.0. The van der Waals surface area contributed by atoms with Gasteiger partial charge in [-0.3, -0.25) is 9.59 Å². The summed E-state index contributed by atoms with van der Waals surface area (Å²) in [5.41, 5.74) is 3.61. The van der Waals surface area contributed by atoms with E-state index in [-0.39, 0.29) is 11.7 Å². The van der Waals surface area contributed by atoms with E-state index in [0.717, 1.165) is 11.1 Å². The standard InChI is InChI=1S/C22H18FN5O2S/c1-13-10-11-24-20-19(13)27-22(28-20)31-12-18(29)26-17-5-3-2-4-16(17)21(30)25-15-8-6-14(23)7-9-15/h2-11H,12H2,1H3,(H,25,30)(H,26,29)(H,24,27,28). The van der Waals surface area contributed by atoms with Crippen molar-refractivity contribution < 1.29 is 14.0 Å². The van der Waals surface area contributed by atoms with Gasteiger partial charge >= 0.3 is 0 Å². The van der Waals surface area contributed by atoms with E-state index >= 15 is 0 Å². The molecule has 0 saturated heterocycles. The molecule has 2 heterocycles. The molecule has 7 nitrogen and oxygen atoms in total. The molecule has 31 heavy (non-hydrogen) atoms. The Balaban J connectivity index is 1.41. The third-order valence-electron chi connectivity index (χ3n) is 4.47. The lowest BCUT2D eigenvalue weighted by atomic mass is 10.1. The van der Waals surface area contributed by atoms with Gasteiger partial charge < -0.3 is 15.6 Å². The Morgan fingerprint density at radius 3 is 2.61 bits per heavy atom. The Hall–Kier alpha value is -3.72. The highest BCUT2D eigenvalue weighted by Crippen LogP contribution is 2.22. The molecule has 0 spiro atoms. The number of aromatic amines is 1.